The van der Waals surface area contributed by atoms with E-state index in [1.54, 1.807) is 0 Å². The normalized spacial score (nSPS) is 15.6. The minimum Gasteiger partial charge on any atom is -0.370 e. The molecule has 0 aliphatic carbocycles. The fraction of sp³-hybridized carbons (Fsp3) is 0.316. The number of hydrogen-bond acceptors (Lipinski definition) is 2. The van der Waals surface area contributed by atoms with Crippen LogP contribution in [0.2, 0.25) is 0 Å². The number of carbonyl (C=O) groups excluding carboxylic acids is 1. The summed E-state index contributed by atoms with van der Waals surface area (Å²) < 4.78 is 5.34. The fourth-order valence-electron chi connectivity index (χ4n) is 2.82. The van der Waals surface area contributed by atoms with E-state index >= 15 is 0 Å². The number of quaternary nitrogens is 1. The minimum atomic E-state index is 0.235. The molecule has 0 unspecified atom stereocenters. The van der Waals surface area contributed by atoms with Crippen molar-refractivity contribution in [2.75, 3.05) is 32.8 Å². The van der Waals surface area contributed by atoms with E-state index in [1.807, 2.05) is 42.5 Å². The molecule has 2 aromatic rings. The first-order valence-corrected chi connectivity index (χ1v) is 7.93. The summed E-state index contributed by atoms with van der Waals surface area (Å²) in [5.74, 6) is 0.235. The zero-order valence-electron chi connectivity index (χ0n) is 12.8. The fourth-order valence-corrected chi connectivity index (χ4v) is 2.82. The number of ketones is 1. The molecule has 0 radical (unpaired) electrons. The summed E-state index contributed by atoms with van der Waals surface area (Å²) in [7, 11) is 0. The van der Waals surface area contributed by atoms with Crippen molar-refractivity contribution in [3.63, 3.8) is 0 Å². The maximum atomic E-state index is 12.3. The van der Waals surface area contributed by atoms with E-state index in [1.165, 1.54) is 10.5 Å². The predicted molar refractivity (Wildman–Crippen MR) is 87.2 cm³/mol. The Labute approximate surface area is 131 Å². The Kier molecular flexibility index (Phi) is 4.99. The van der Waals surface area contributed by atoms with Crippen LogP contribution in [-0.2, 0) is 4.74 Å². The molecule has 3 rings (SSSR count). The second-order valence-corrected chi connectivity index (χ2v) is 5.73. The van der Waals surface area contributed by atoms with Gasteiger partial charge in [0.05, 0.1) is 26.2 Å². The summed E-state index contributed by atoms with van der Waals surface area (Å²) in [6.45, 7) is 4.56. The molecule has 0 amide bonds. The minimum absolute atomic E-state index is 0.235. The number of Topliss-reactive ketones (excluding diaryl/α,β-unsaturated/α-hetero) is 1. The van der Waals surface area contributed by atoms with Gasteiger partial charge in [-0.3, -0.25) is 4.79 Å². The number of ether oxygens (including phenoxy) is 1. The lowest BCUT2D eigenvalue weighted by Crippen LogP contribution is -3.14. The summed E-state index contributed by atoms with van der Waals surface area (Å²) in [5.41, 5.74) is 3.14. The van der Waals surface area contributed by atoms with Gasteiger partial charge in [0.2, 0.25) is 0 Å². The molecule has 0 spiro atoms. The molecule has 1 heterocycles. The molecule has 3 nitrogen and oxygen atoms in total. The van der Waals surface area contributed by atoms with Crippen LogP contribution in [-0.4, -0.2) is 38.6 Å². The Balaban J connectivity index is 1.59. The van der Waals surface area contributed by atoms with Crippen LogP contribution >= 0.6 is 0 Å². The van der Waals surface area contributed by atoms with Crippen molar-refractivity contribution in [3.05, 3.63) is 60.2 Å². The third-order valence-electron chi connectivity index (χ3n) is 4.22. The van der Waals surface area contributed by atoms with Crippen molar-refractivity contribution < 1.29 is 14.4 Å². The highest BCUT2D eigenvalue weighted by Gasteiger charge is 2.15. The Hall–Kier alpha value is -1.97. The predicted octanol–water partition coefficient (Wildman–Crippen LogP) is 1.84. The Morgan fingerprint density at radius 1 is 0.909 bits per heavy atom. The SMILES string of the molecule is O=C(CC[NH+]1CCOCC1)c1ccc(-c2ccccc2)cc1. The lowest BCUT2D eigenvalue weighted by Gasteiger charge is -2.23. The van der Waals surface area contributed by atoms with Crippen molar-refractivity contribution in [1.29, 1.82) is 0 Å². The van der Waals surface area contributed by atoms with Gasteiger partial charge in [-0.2, -0.15) is 0 Å². The lowest BCUT2D eigenvalue weighted by molar-refractivity contribution is -0.907. The highest BCUT2D eigenvalue weighted by molar-refractivity contribution is 5.96. The lowest BCUT2D eigenvalue weighted by atomic mass is 10.0. The number of morpholine rings is 1. The summed E-state index contributed by atoms with van der Waals surface area (Å²) >= 11 is 0. The van der Waals surface area contributed by atoms with E-state index < -0.39 is 0 Å². The number of nitrogens with one attached hydrogen (secondary N) is 1. The summed E-state index contributed by atoms with van der Waals surface area (Å²) in [6, 6.07) is 18.2. The molecule has 3 heteroatoms. The number of hydrogen-bond donors (Lipinski definition) is 1. The molecular formula is C19H22NO2+. The zero-order valence-corrected chi connectivity index (χ0v) is 12.8. The van der Waals surface area contributed by atoms with E-state index in [4.69, 9.17) is 4.74 Å². The highest BCUT2D eigenvalue weighted by Crippen LogP contribution is 2.19. The largest absolute Gasteiger partial charge is 0.370 e. The van der Waals surface area contributed by atoms with Crippen molar-refractivity contribution in [2.45, 2.75) is 6.42 Å². The van der Waals surface area contributed by atoms with Crippen molar-refractivity contribution >= 4 is 5.78 Å². The van der Waals surface area contributed by atoms with Crippen molar-refractivity contribution in [3.8, 4) is 11.1 Å². The van der Waals surface area contributed by atoms with Gasteiger partial charge in [-0.15, -0.1) is 0 Å². The van der Waals surface area contributed by atoms with Crippen LogP contribution < -0.4 is 4.90 Å². The molecule has 0 atom stereocenters. The van der Waals surface area contributed by atoms with Gasteiger partial charge < -0.3 is 9.64 Å². The molecule has 0 bridgehead atoms. The molecule has 2 aromatic carbocycles. The van der Waals surface area contributed by atoms with Gasteiger partial charge in [-0.05, 0) is 11.1 Å². The first-order valence-electron chi connectivity index (χ1n) is 7.93. The Morgan fingerprint density at radius 2 is 1.55 bits per heavy atom. The van der Waals surface area contributed by atoms with E-state index in [0.717, 1.165) is 44.0 Å². The van der Waals surface area contributed by atoms with Gasteiger partial charge in [-0.25, -0.2) is 0 Å². The van der Waals surface area contributed by atoms with E-state index in [-0.39, 0.29) is 5.78 Å². The van der Waals surface area contributed by atoms with Crippen LogP contribution in [0.25, 0.3) is 11.1 Å². The smallest absolute Gasteiger partial charge is 0.168 e. The molecular weight excluding hydrogens is 274 g/mol. The van der Waals surface area contributed by atoms with E-state index in [0.29, 0.717) is 6.42 Å². The quantitative estimate of drug-likeness (QED) is 0.854. The van der Waals surface area contributed by atoms with Gasteiger partial charge in [0.1, 0.15) is 13.1 Å². The molecule has 1 aliphatic rings. The average Bonchev–Trinajstić information content (AvgIpc) is 2.61. The van der Waals surface area contributed by atoms with Gasteiger partial charge in [0.25, 0.3) is 0 Å². The summed E-state index contributed by atoms with van der Waals surface area (Å²) in [4.78, 5) is 13.8. The number of benzene rings is 2. The van der Waals surface area contributed by atoms with Gasteiger partial charge in [0, 0.05) is 5.56 Å². The summed E-state index contributed by atoms with van der Waals surface area (Å²) in [5, 5.41) is 0. The van der Waals surface area contributed by atoms with E-state index in [2.05, 4.69) is 12.1 Å². The third-order valence-corrected chi connectivity index (χ3v) is 4.22. The Morgan fingerprint density at radius 3 is 2.23 bits per heavy atom. The monoisotopic (exact) mass is 296 g/mol. The van der Waals surface area contributed by atoms with Crippen LogP contribution in [0.1, 0.15) is 16.8 Å². The van der Waals surface area contributed by atoms with Crippen LogP contribution in [0.5, 0.6) is 0 Å². The number of rotatable bonds is 5. The Bertz CT molecular complexity index is 601. The second kappa shape index (κ2) is 7.34. The highest BCUT2D eigenvalue weighted by atomic mass is 16.5. The van der Waals surface area contributed by atoms with Crippen LogP contribution in [0, 0.1) is 0 Å². The molecule has 1 fully saturated rings. The first-order chi connectivity index (χ1) is 10.8. The molecule has 0 aromatic heterocycles. The van der Waals surface area contributed by atoms with Gasteiger partial charge in [0.15, 0.2) is 5.78 Å². The van der Waals surface area contributed by atoms with Crippen LogP contribution in [0.3, 0.4) is 0 Å². The second-order valence-electron chi connectivity index (χ2n) is 5.73. The summed E-state index contributed by atoms with van der Waals surface area (Å²) in [6.07, 6.45) is 0.611. The van der Waals surface area contributed by atoms with Crippen LogP contribution in [0.15, 0.2) is 54.6 Å². The van der Waals surface area contributed by atoms with Crippen molar-refractivity contribution in [1.82, 2.24) is 0 Å². The van der Waals surface area contributed by atoms with Gasteiger partial charge in [-0.1, -0.05) is 54.6 Å². The van der Waals surface area contributed by atoms with E-state index in [9.17, 15) is 4.79 Å². The maximum Gasteiger partial charge on any atom is 0.168 e. The molecule has 114 valence electrons. The molecule has 22 heavy (non-hydrogen) atoms. The topological polar surface area (TPSA) is 30.7 Å². The zero-order chi connectivity index (χ0) is 15.2. The molecule has 1 saturated heterocycles. The van der Waals surface area contributed by atoms with Crippen LogP contribution in [0.4, 0.5) is 0 Å². The first kappa shape index (κ1) is 14.9. The third kappa shape index (κ3) is 3.81. The molecule has 1 N–H and O–H groups in total. The van der Waals surface area contributed by atoms with Crippen molar-refractivity contribution in [2.24, 2.45) is 0 Å². The molecule has 0 saturated carbocycles. The maximum absolute atomic E-state index is 12.3. The standard InChI is InChI=1S/C19H21NO2/c21-19(10-11-20-12-14-22-15-13-20)18-8-6-17(7-9-18)16-4-2-1-3-5-16/h1-9H,10-15H2/p+1. The van der Waals surface area contributed by atoms with Gasteiger partial charge >= 0.3 is 0 Å². The molecule has 1 aliphatic heterocycles. The average molecular weight is 296 g/mol. The number of carbonyl (C=O) groups is 1.